The predicted molar refractivity (Wildman–Crippen MR) is 54.4 cm³/mol. The molecule has 2 N–H and O–H groups in total. The molecule has 0 bridgehead atoms. The van der Waals surface area contributed by atoms with Crippen LogP contribution in [0.4, 0.5) is 0 Å². The molecular weight excluding hydrogens is 162 g/mol. The van der Waals surface area contributed by atoms with Gasteiger partial charge in [0.05, 0.1) is 17.6 Å². The molecule has 1 unspecified atom stereocenters. The molecule has 3 heteroatoms. The summed E-state index contributed by atoms with van der Waals surface area (Å²) in [6, 6.07) is 0.473. The van der Waals surface area contributed by atoms with Gasteiger partial charge in [0.1, 0.15) is 0 Å². The van der Waals surface area contributed by atoms with Gasteiger partial charge in [-0.15, -0.1) is 0 Å². The van der Waals surface area contributed by atoms with Gasteiger partial charge in [0.15, 0.2) is 0 Å². The standard InChI is InChI=1S/C10H19N3/c1-5-8(2)13-7-12-6-9(13)10(3,4)11/h6-8H,5,11H2,1-4H3. The van der Waals surface area contributed by atoms with Crippen LogP contribution in [0.5, 0.6) is 0 Å². The maximum absolute atomic E-state index is 6.03. The molecule has 1 atom stereocenters. The molecule has 1 heterocycles. The Balaban J connectivity index is 3.03. The highest BCUT2D eigenvalue weighted by Gasteiger charge is 2.20. The number of aromatic nitrogens is 2. The topological polar surface area (TPSA) is 43.8 Å². The minimum Gasteiger partial charge on any atom is -0.330 e. The van der Waals surface area contributed by atoms with Crippen LogP contribution in [0.1, 0.15) is 45.9 Å². The number of rotatable bonds is 3. The molecule has 1 rings (SSSR count). The number of nitrogens with zero attached hydrogens (tertiary/aromatic N) is 2. The van der Waals surface area contributed by atoms with E-state index in [9.17, 15) is 0 Å². The van der Waals surface area contributed by atoms with Crippen LogP contribution in [0.15, 0.2) is 12.5 Å². The lowest BCUT2D eigenvalue weighted by Gasteiger charge is -2.23. The molecule has 0 aliphatic heterocycles. The highest BCUT2D eigenvalue weighted by atomic mass is 15.1. The largest absolute Gasteiger partial charge is 0.330 e. The maximum Gasteiger partial charge on any atom is 0.0951 e. The summed E-state index contributed by atoms with van der Waals surface area (Å²) < 4.78 is 2.15. The molecule has 13 heavy (non-hydrogen) atoms. The number of imidazole rings is 1. The van der Waals surface area contributed by atoms with Crippen molar-refractivity contribution >= 4 is 0 Å². The number of hydrogen-bond donors (Lipinski definition) is 1. The summed E-state index contributed by atoms with van der Waals surface area (Å²) in [5.74, 6) is 0. The van der Waals surface area contributed by atoms with Crippen molar-refractivity contribution in [1.29, 1.82) is 0 Å². The molecule has 0 radical (unpaired) electrons. The van der Waals surface area contributed by atoms with Gasteiger partial charge >= 0.3 is 0 Å². The Morgan fingerprint density at radius 1 is 1.62 bits per heavy atom. The van der Waals surface area contributed by atoms with Gasteiger partial charge in [0, 0.05) is 12.2 Å². The zero-order valence-corrected chi connectivity index (χ0v) is 8.91. The van der Waals surface area contributed by atoms with Crippen LogP contribution in [-0.2, 0) is 5.54 Å². The van der Waals surface area contributed by atoms with Crippen LogP contribution in [0.25, 0.3) is 0 Å². The van der Waals surface area contributed by atoms with Crippen molar-refractivity contribution in [2.75, 3.05) is 0 Å². The average Bonchev–Trinajstić information content (AvgIpc) is 2.49. The van der Waals surface area contributed by atoms with Gasteiger partial charge in [-0.3, -0.25) is 0 Å². The van der Waals surface area contributed by atoms with Crippen LogP contribution in [-0.4, -0.2) is 9.55 Å². The maximum atomic E-state index is 6.03. The summed E-state index contributed by atoms with van der Waals surface area (Å²) in [5.41, 5.74) is 6.83. The lowest BCUT2D eigenvalue weighted by molar-refractivity contribution is 0.442. The van der Waals surface area contributed by atoms with Crippen molar-refractivity contribution in [3.8, 4) is 0 Å². The van der Waals surface area contributed by atoms with E-state index in [1.165, 1.54) is 0 Å². The van der Waals surface area contributed by atoms with E-state index in [4.69, 9.17) is 5.73 Å². The first-order chi connectivity index (χ1) is 5.96. The Bertz CT molecular complexity index is 270. The quantitative estimate of drug-likeness (QED) is 0.775. The summed E-state index contributed by atoms with van der Waals surface area (Å²) in [5, 5.41) is 0. The molecule has 3 nitrogen and oxygen atoms in total. The summed E-state index contributed by atoms with van der Waals surface area (Å²) in [7, 11) is 0. The highest BCUT2D eigenvalue weighted by Crippen LogP contribution is 2.21. The van der Waals surface area contributed by atoms with Crippen molar-refractivity contribution in [1.82, 2.24) is 9.55 Å². The molecule has 0 aromatic carbocycles. The summed E-state index contributed by atoms with van der Waals surface area (Å²) in [6.07, 6.45) is 4.81. The summed E-state index contributed by atoms with van der Waals surface area (Å²) >= 11 is 0. The van der Waals surface area contributed by atoms with Gasteiger partial charge in [-0.05, 0) is 27.2 Å². The van der Waals surface area contributed by atoms with Crippen LogP contribution >= 0.6 is 0 Å². The van der Waals surface area contributed by atoms with Crippen LogP contribution in [0, 0.1) is 0 Å². The Kier molecular flexibility index (Phi) is 2.76. The van der Waals surface area contributed by atoms with Gasteiger partial charge in [0.25, 0.3) is 0 Å². The van der Waals surface area contributed by atoms with Crippen molar-refractivity contribution in [2.24, 2.45) is 5.73 Å². The molecule has 0 saturated carbocycles. The van der Waals surface area contributed by atoms with Gasteiger partial charge in [-0.2, -0.15) is 0 Å². The zero-order chi connectivity index (χ0) is 10.1. The fourth-order valence-electron chi connectivity index (χ4n) is 1.35. The zero-order valence-electron chi connectivity index (χ0n) is 8.91. The van der Waals surface area contributed by atoms with Gasteiger partial charge in [0.2, 0.25) is 0 Å². The third kappa shape index (κ3) is 2.10. The van der Waals surface area contributed by atoms with Crippen molar-refractivity contribution in [3.63, 3.8) is 0 Å². The Morgan fingerprint density at radius 2 is 2.23 bits per heavy atom. The van der Waals surface area contributed by atoms with Crippen LogP contribution in [0.2, 0.25) is 0 Å². The second-order valence-electron chi connectivity index (χ2n) is 4.17. The first kappa shape index (κ1) is 10.3. The Morgan fingerprint density at radius 3 is 2.69 bits per heavy atom. The smallest absolute Gasteiger partial charge is 0.0951 e. The van der Waals surface area contributed by atoms with E-state index < -0.39 is 0 Å². The molecular formula is C10H19N3. The van der Waals surface area contributed by atoms with Crippen molar-refractivity contribution < 1.29 is 0 Å². The SMILES string of the molecule is CCC(C)n1cncc1C(C)(C)N. The van der Waals surface area contributed by atoms with E-state index in [1.54, 1.807) is 0 Å². The van der Waals surface area contributed by atoms with Crippen LogP contribution < -0.4 is 5.73 Å². The van der Waals surface area contributed by atoms with E-state index >= 15 is 0 Å². The number of hydrogen-bond acceptors (Lipinski definition) is 2. The molecule has 1 aromatic heterocycles. The molecule has 0 spiro atoms. The third-order valence-electron chi connectivity index (χ3n) is 2.39. The van der Waals surface area contributed by atoms with E-state index in [1.807, 2.05) is 26.4 Å². The molecule has 0 saturated heterocycles. The van der Waals surface area contributed by atoms with Gasteiger partial charge in [-0.25, -0.2) is 4.98 Å². The second kappa shape index (κ2) is 3.50. The Labute approximate surface area is 80.0 Å². The van der Waals surface area contributed by atoms with Crippen molar-refractivity contribution in [3.05, 3.63) is 18.2 Å². The monoisotopic (exact) mass is 181 g/mol. The van der Waals surface area contributed by atoms with Crippen molar-refractivity contribution in [2.45, 2.75) is 45.7 Å². The average molecular weight is 181 g/mol. The molecule has 0 aliphatic carbocycles. The first-order valence-corrected chi connectivity index (χ1v) is 4.78. The fourth-order valence-corrected chi connectivity index (χ4v) is 1.35. The van der Waals surface area contributed by atoms with Crippen LogP contribution in [0.3, 0.4) is 0 Å². The third-order valence-corrected chi connectivity index (χ3v) is 2.39. The lowest BCUT2D eigenvalue weighted by atomic mass is 10.0. The molecule has 0 fully saturated rings. The van der Waals surface area contributed by atoms with E-state index in [-0.39, 0.29) is 5.54 Å². The predicted octanol–water partition coefficient (Wildman–Crippen LogP) is 2.05. The van der Waals surface area contributed by atoms with Gasteiger partial charge in [-0.1, -0.05) is 6.92 Å². The van der Waals surface area contributed by atoms with E-state index in [0.29, 0.717) is 6.04 Å². The minimum atomic E-state index is -0.306. The number of nitrogens with two attached hydrogens (primary N) is 1. The summed E-state index contributed by atoms with van der Waals surface area (Å²) in [4.78, 5) is 4.14. The minimum absolute atomic E-state index is 0.306. The molecule has 1 aromatic rings. The second-order valence-corrected chi connectivity index (χ2v) is 4.17. The highest BCUT2D eigenvalue weighted by molar-refractivity contribution is 5.10. The summed E-state index contributed by atoms with van der Waals surface area (Å²) in [6.45, 7) is 8.35. The Hall–Kier alpha value is -0.830. The molecule has 0 amide bonds. The van der Waals surface area contributed by atoms with E-state index in [2.05, 4.69) is 23.4 Å². The normalized spacial score (nSPS) is 14.5. The first-order valence-electron chi connectivity index (χ1n) is 4.78. The van der Waals surface area contributed by atoms with E-state index in [0.717, 1.165) is 12.1 Å². The molecule has 74 valence electrons. The fraction of sp³-hybridized carbons (Fsp3) is 0.700. The molecule has 0 aliphatic rings. The van der Waals surface area contributed by atoms with Gasteiger partial charge < -0.3 is 10.3 Å². The lowest BCUT2D eigenvalue weighted by Crippen LogP contribution is -2.32.